The van der Waals surface area contributed by atoms with Crippen LogP contribution in [-0.4, -0.2) is 24.2 Å². The molecule has 0 N–H and O–H groups in total. The molecule has 4 heteroatoms. The minimum Gasteiger partial charge on any atom is -0.434 e. The third-order valence-corrected chi connectivity index (χ3v) is 5.83. The molecule has 0 saturated carbocycles. The summed E-state index contributed by atoms with van der Waals surface area (Å²) >= 11 is 3.44. The average Bonchev–Trinajstić information content (AvgIpc) is 2.69. The van der Waals surface area contributed by atoms with E-state index in [4.69, 9.17) is 9.47 Å². The smallest absolute Gasteiger partial charge is 0.434 e. The summed E-state index contributed by atoms with van der Waals surface area (Å²) in [7, 11) is 0. The van der Waals surface area contributed by atoms with Gasteiger partial charge in [-0.05, 0) is 38.5 Å². The summed E-state index contributed by atoms with van der Waals surface area (Å²) in [5, 5.41) is 1.05. The van der Waals surface area contributed by atoms with Gasteiger partial charge in [-0.1, -0.05) is 107 Å². The lowest BCUT2D eigenvalue weighted by atomic mass is 10.0. The Bertz CT molecular complexity index is 307. The zero-order chi connectivity index (χ0) is 20.7. The van der Waals surface area contributed by atoms with E-state index >= 15 is 0 Å². The molecule has 0 rings (SSSR count). The summed E-state index contributed by atoms with van der Waals surface area (Å²) < 4.78 is 11.0. The van der Waals surface area contributed by atoms with Crippen molar-refractivity contribution in [3.63, 3.8) is 0 Å². The van der Waals surface area contributed by atoms with Crippen LogP contribution in [-0.2, 0) is 9.47 Å². The summed E-state index contributed by atoms with van der Waals surface area (Å²) in [5.74, 6) is 0. The molecule has 0 aliphatic heterocycles. The number of unbranched alkanes of at least 4 members (excludes halogenated alkanes) is 13. The largest absolute Gasteiger partial charge is 0.508 e. The highest BCUT2D eigenvalue weighted by Crippen LogP contribution is 2.17. The van der Waals surface area contributed by atoms with Crippen molar-refractivity contribution in [2.45, 2.75) is 136 Å². The average molecular weight is 464 g/mol. The van der Waals surface area contributed by atoms with Crippen LogP contribution in [0.15, 0.2) is 0 Å². The molecule has 0 aromatic heterocycles. The monoisotopic (exact) mass is 462 g/mol. The first-order chi connectivity index (χ1) is 13.7. The van der Waals surface area contributed by atoms with Crippen LogP contribution in [0.3, 0.4) is 0 Å². The second-order valence-electron chi connectivity index (χ2n) is 8.05. The fraction of sp³-hybridized carbons (Fsp3) is 0.958. The number of halogens is 1. The summed E-state index contributed by atoms with van der Waals surface area (Å²) in [4.78, 5) is 12.0. The van der Waals surface area contributed by atoms with Crippen LogP contribution >= 0.6 is 15.9 Å². The fourth-order valence-corrected chi connectivity index (χ4v) is 3.84. The van der Waals surface area contributed by atoms with Crippen LogP contribution in [0.2, 0.25) is 0 Å². The lowest BCUT2D eigenvalue weighted by Crippen LogP contribution is -2.19. The lowest BCUT2D eigenvalue weighted by molar-refractivity contribution is 0.0154. The zero-order valence-electron chi connectivity index (χ0n) is 18.8. The van der Waals surface area contributed by atoms with Gasteiger partial charge in [0.2, 0.25) is 0 Å². The Hall–Kier alpha value is -0.250. The van der Waals surface area contributed by atoms with Crippen LogP contribution in [0.1, 0.15) is 129 Å². The van der Waals surface area contributed by atoms with E-state index < -0.39 is 6.16 Å². The summed E-state index contributed by atoms with van der Waals surface area (Å²) in [6.07, 6.45) is 21.3. The Kier molecular flexibility index (Phi) is 22.8. The molecular formula is C24H47BrO3. The summed E-state index contributed by atoms with van der Waals surface area (Å²) in [5.41, 5.74) is 0. The maximum atomic E-state index is 12.0. The van der Waals surface area contributed by atoms with E-state index in [1.807, 2.05) is 0 Å². The van der Waals surface area contributed by atoms with Crippen LogP contribution < -0.4 is 0 Å². The molecule has 3 nitrogen and oxygen atoms in total. The van der Waals surface area contributed by atoms with Gasteiger partial charge in [0.1, 0.15) is 6.10 Å². The topological polar surface area (TPSA) is 35.5 Å². The van der Waals surface area contributed by atoms with E-state index in [0.717, 1.165) is 43.9 Å². The van der Waals surface area contributed by atoms with Crippen molar-refractivity contribution >= 4 is 22.1 Å². The van der Waals surface area contributed by atoms with Crippen LogP contribution in [0.4, 0.5) is 4.79 Å². The predicted molar refractivity (Wildman–Crippen MR) is 124 cm³/mol. The van der Waals surface area contributed by atoms with E-state index in [-0.39, 0.29) is 6.10 Å². The van der Waals surface area contributed by atoms with Crippen LogP contribution in [0, 0.1) is 0 Å². The molecule has 0 saturated heterocycles. The third-order valence-electron chi connectivity index (χ3n) is 5.27. The molecule has 168 valence electrons. The van der Waals surface area contributed by atoms with E-state index in [0.29, 0.717) is 6.61 Å². The maximum Gasteiger partial charge on any atom is 0.508 e. The van der Waals surface area contributed by atoms with Crippen molar-refractivity contribution in [3.05, 3.63) is 0 Å². The highest BCUT2D eigenvalue weighted by Gasteiger charge is 2.15. The Balaban J connectivity index is 3.99. The fourth-order valence-electron chi connectivity index (χ4n) is 3.44. The van der Waals surface area contributed by atoms with Gasteiger partial charge >= 0.3 is 6.16 Å². The van der Waals surface area contributed by atoms with Gasteiger partial charge in [0.05, 0.1) is 6.61 Å². The number of hydrogen-bond acceptors (Lipinski definition) is 3. The van der Waals surface area contributed by atoms with Crippen molar-refractivity contribution < 1.29 is 14.3 Å². The van der Waals surface area contributed by atoms with Gasteiger partial charge in [-0.25, -0.2) is 4.79 Å². The highest BCUT2D eigenvalue weighted by atomic mass is 79.9. The molecule has 0 amide bonds. The number of alkyl halides is 1. The Morgan fingerprint density at radius 3 is 1.68 bits per heavy atom. The maximum absolute atomic E-state index is 12.0. The molecule has 0 atom stereocenters. The van der Waals surface area contributed by atoms with Crippen molar-refractivity contribution in [3.8, 4) is 0 Å². The van der Waals surface area contributed by atoms with E-state index in [9.17, 15) is 4.79 Å². The Morgan fingerprint density at radius 1 is 0.679 bits per heavy atom. The SMILES string of the molecule is CCCCCCCCC(CCCCCCCC)OC(=O)OCCCCCCBr. The molecule has 0 aromatic carbocycles. The predicted octanol–water partition coefficient (Wildman–Crippen LogP) is 8.96. The first kappa shape index (κ1) is 27.8. The highest BCUT2D eigenvalue weighted by molar-refractivity contribution is 9.09. The molecule has 0 radical (unpaired) electrons. The second kappa shape index (κ2) is 23.0. The number of carbonyl (C=O) groups is 1. The zero-order valence-corrected chi connectivity index (χ0v) is 20.4. The molecule has 28 heavy (non-hydrogen) atoms. The second-order valence-corrected chi connectivity index (χ2v) is 8.85. The molecule has 0 spiro atoms. The van der Waals surface area contributed by atoms with Gasteiger partial charge < -0.3 is 9.47 Å². The molecular weight excluding hydrogens is 416 g/mol. The van der Waals surface area contributed by atoms with Gasteiger partial charge in [-0.2, -0.15) is 0 Å². The van der Waals surface area contributed by atoms with Crippen LogP contribution in [0.25, 0.3) is 0 Å². The molecule has 0 fully saturated rings. The summed E-state index contributed by atoms with van der Waals surface area (Å²) in [6.45, 7) is 4.98. The minimum atomic E-state index is -0.456. The van der Waals surface area contributed by atoms with Gasteiger partial charge in [-0.3, -0.25) is 0 Å². The van der Waals surface area contributed by atoms with Crippen molar-refractivity contribution in [1.82, 2.24) is 0 Å². The number of rotatable bonds is 21. The van der Waals surface area contributed by atoms with Gasteiger partial charge in [0, 0.05) is 5.33 Å². The number of carbonyl (C=O) groups excluding carboxylic acids is 1. The third kappa shape index (κ3) is 20.5. The van der Waals surface area contributed by atoms with E-state index in [1.165, 1.54) is 77.0 Å². The van der Waals surface area contributed by atoms with Crippen LogP contribution in [0.5, 0.6) is 0 Å². The molecule has 0 bridgehead atoms. The first-order valence-corrected chi connectivity index (χ1v) is 13.3. The molecule has 0 aliphatic rings. The molecule has 0 unspecified atom stereocenters. The Labute approximate surface area is 183 Å². The quantitative estimate of drug-likeness (QED) is 0.0968. The molecule has 0 aromatic rings. The summed E-state index contributed by atoms with van der Waals surface area (Å²) in [6, 6.07) is 0. The first-order valence-electron chi connectivity index (χ1n) is 12.1. The van der Waals surface area contributed by atoms with Gasteiger partial charge in [0.15, 0.2) is 0 Å². The van der Waals surface area contributed by atoms with E-state index in [1.54, 1.807) is 0 Å². The molecule has 0 aliphatic carbocycles. The van der Waals surface area contributed by atoms with Crippen molar-refractivity contribution in [1.29, 1.82) is 0 Å². The van der Waals surface area contributed by atoms with Gasteiger partial charge in [0.25, 0.3) is 0 Å². The number of hydrogen-bond donors (Lipinski definition) is 0. The standard InChI is InChI=1S/C24H47BrO3/c1-3-5-7-9-11-15-19-23(20-16-12-10-8-6-4-2)28-24(26)27-22-18-14-13-17-21-25/h23H,3-22H2,1-2H3. The number of ether oxygens (including phenoxy) is 2. The van der Waals surface area contributed by atoms with Crippen molar-refractivity contribution in [2.75, 3.05) is 11.9 Å². The minimum absolute atomic E-state index is 0.0400. The lowest BCUT2D eigenvalue weighted by Gasteiger charge is -2.18. The van der Waals surface area contributed by atoms with Crippen molar-refractivity contribution in [2.24, 2.45) is 0 Å². The normalized spacial score (nSPS) is 11.1. The van der Waals surface area contributed by atoms with E-state index in [2.05, 4.69) is 29.8 Å². The van der Waals surface area contributed by atoms with Gasteiger partial charge in [-0.15, -0.1) is 0 Å². The Morgan fingerprint density at radius 2 is 1.14 bits per heavy atom. The molecule has 0 heterocycles.